The lowest BCUT2D eigenvalue weighted by atomic mass is 10.4. The van der Waals surface area contributed by atoms with Crippen LogP contribution in [0.15, 0.2) is 30.9 Å². The van der Waals surface area contributed by atoms with E-state index < -0.39 is 0 Å². The van der Waals surface area contributed by atoms with E-state index >= 15 is 0 Å². The van der Waals surface area contributed by atoms with Gasteiger partial charge in [0.1, 0.15) is 12.5 Å². The molecule has 1 aromatic heterocycles. The highest BCUT2D eigenvalue weighted by molar-refractivity contribution is 5.06. The molecule has 0 aliphatic carbocycles. The van der Waals surface area contributed by atoms with Crippen molar-refractivity contribution in [1.29, 1.82) is 0 Å². The zero-order valence-electron chi connectivity index (χ0n) is 5.28. The summed E-state index contributed by atoms with van der Waals surface area (Å²) in [6.07, 6.45) is 4.63. The lowest BCUT2D eigenvalue weighted by molar-refractivity contribution is -0.0275. The van der Waals surface area contributed by atoms with Gasteiger partial charge in [0.15, 0.2) is 0 Å². The van der Waals surface area contributed by atoms with Crippen LogP contribution in [0.2, 0.25) is 0 Å². The molecule has 0 radical (unpaired) electrons. The molecule has 2 rings (SSSR count). The second-order valence-corrected chi connectivity index (χ2v) is 2.00. The third-order valence-electron chi connectivity index (χ3n) is 1.34. The third-order valence-corrected chi connectivity index (χ3v) is 1.34. The summed E-state index contributed by atoms with van der Waals surface area (Å²) in [5.74, 6) is 0. The van der Waals surface area contributed by atoms with Crippen molar-refractivity contribution in [3.05, 3.63) is 36.5 Å². The molecule has 0 fully saturated rings. The standard InChI is InChI=1S/C7H7NO2/c1-2-6(8-3-1)7-9-4-5-10-7/h1-5,7-8H. The highest BCUT2D eigenvalue weighted by atomic mass is 16.7. The maximum atomic E-state index is 5.06. The lowest BCUT2D eigenvalue weighted by Crippen LogP contribution is -1.96. The van der Waals surface area contributed by atoms with Crippen LogP contribution in [0.3, 0.4) is 0 Å². The second kappa shape index (κ2) is 2.10. The van der Waals surface area contributed by atoms with Crippen LogP contribution in [-0.2, 0) is 9.47 Å². The van der Waals surface area contributed by atoms with Crippen LogP contribution in [0.1, 0.15) is 12.0 Å². The van der Waals surface area contributed by atoms with Crippen molar-refractivity contribution in [2.45, 2.75) is 6.29 Å². The van der Waals surface area contributed by atoms with Gasteiger partial charge in [-0.1, -0.05) is 0 Å². The number of hydrogen-bond donors (Lipinski definition) is 1. The van der Waals surface area contributed by atoms with Crippen LogP contribution in [0.4, 0.5) is 0 Å². The smallest absolute Gasteiger partial charge is 0.281 e. The van der Waals surface area contributed by atoms with Gasteiger partial charge in [-0.25, -0.2) is 0 Å². The Balaban J connectivity index is 2.14. The summed E-state index contributed by atoms with van der Waals surface area (Å²) in [6, 6.07) is 3.82. The largest absolute Gasteiger partial charge is 0.454 e. The first kappa shape index (κ1) is 5.41. The summed E-state index contributed by atoms with van der Waals surface area (Å²) in [7, 11) is 0. The molecule has 0 spiro atoms. The Bertz CT molecular complexity index is 220. The van der Waals surface area contributed by atoms with Crippen molar-refractivity contribution in [3.63, 3.8) is 0 Å². The first-order valence-corrected chi connectivity index (χ1v) is 3.06. The fraction of sp³-hybridized carbons (Fsp3) is 0.143. The van der Waals surface area contributed by atoms with Gasteiger partial charge in [-0.3, -0.25) is 0 Å². The van der Waals surface area contributed by atoms with Crippen molar-refractivity contribution in [2.24, 2.45) is 0 Å². The SMILES string of the molecule is C1=COC(c2ccc[nH]2)O1. The Morgan fingerprint density at radius 1 is 1.30 bits per heavy atom. The van der Waals surface area contributed by atoms with Crippen LogP contribution < -0.4 is 0 Å². The number of hydrogen-bond acceptors (Lipinski definition) is 2. The van der Waals surface area contributed by atoms with E-state index in [4.69, 9.17) is 9.47 Å². The summed E-state index contributed by atoms with van der Waals surface area (Å²) < 4.78 is 10.1. The summed E-state index contributed by atoms with van der Waals surface area (Å²) in [6.45, 7) is 0. The number of nitrogens with one attached hydrogen (secondary N) is 1. The van der Waals surface area contributed by atoms with Gasteiger partial charge in [0.05, 0.1) is 5.69 Å². The zero-order valence-corrected chi connectivity index (χ0v) is 5.28. The van der Waals surface area contributed by atoms with E-state index in [1.807, 2.05) is 18.3 Å². The molecule has 0 saturated carbocycles. The van der Waals surface area contributed by atoms with Gasteiger partial charge in [-0.05, 0) is 12.1 Å². The average molecular weight is 137 g/mol. The molecule has 1 aromatic rings. The molecular weight excluding hydrogens is 130 g/mol. The maximum absolute atomic E-state index is 5.06. The van der Waals surface area contributed by atoms with E-state index in [2.05, 4.69) is 4.98 Å². The van der Waals surface area contributed by atoms with Gasteiger partial charge in [0.25, 0.3) is 6.29 Å². The Kier molecular flexibility index (Phi) is 1.13. The van der Waals surface area contributed by atoms with Crippen LogP contribution in [0, 0.1) is 0 Å². The second-order valence-electron chi connectivity index (χ2n) is 2.00. The quantitative estimate of drug-likeness (QED) is 0.636. The molecular formula is C7H7NO2. The molecule has 0 bridgehead atoms. The van der Waals surface area contributed by atoms with Gasteiger partial charge in [0, 0.05) is 6.20 Å². The lowest BCUT2D eigenvalue weighted by Gasteiger charge is -2.06. The molecule has 1 aliphatic heterocycles. The summed E-state index contributed by atoms with van der Waals surface area (Å²) in [5.41, 5.74) is 0.935. The van der Waals surface area contributed by atoms with Gasteiger partial charge in [0.2, 0.25) is 0 Å². The minimum Gasteiger partial charge on any atom is -0.454 e. The first-order chi connectivity index (χ1) is 4.97. The maximum Gasteiger partial charge on any atom is 0.281 e. The van der Waals surface area contributed by atoms with Crippen molar-refractivity contribution < 1.29 is 9.47 Å². The molecule has 0 saturated heterocycles. The van der Waals surface area contributed by atoms with Crippen molar-refractivity contribution in [3.8, 4) is 0 Å². The highest BCUT2D eigenvalue weighted by Crippen LogP contribution is 2.21. The van der Waals surface area contributed by atoms with Gasteiger partial charge >= 0.3 is 0 Å². The normalized spacial score (nSPS) is 16.8. The predicted molar refractivity (Wildman–Crippen MR) is 34.8 cm³/mol. The Morgan fingerprint density at radius 3 is 2.70 bits per heavy atom. The molecule has 0 atom stereocenters. The third kappa shape index (κ3) is 0.757. The predicted octanol–water partition coefficient (Wildman–Crippen LogP) is 1.53. The molecule has 1 N–H and O–H groups in total. The van der Waals surface area contributed by atoms with Gasteiger partial charge in [-0.15, -0.1) is 0 Å². The number of aromatic nitrogens is 1. The zero-order chi connectivity index (χ0) is 6.81. The number of H-pyrrole nitrogens is 1. The molecule has 10 heavy (non-hydrogen) atoms. The number of rotatable bonds is 1. The van der Waals surface area contributed by atoms with Gasteiger partial charge < -0.3 is 14.5 Å². The molecule has 52 valence electrons. The summed E-state index contributed by atoms with van der Waals surface area (Å²) in [4.78, 5) is 2.99. The molecule has 0 unspecified atom stereocenters. The highest BCUT2D eigenvalue weighted by Gasteiger charge is 2.14. The van der Waals surface area contributed by atoms with Crippen LogP contribution >= 0.6 is 0 Å². The van der Waals surface area contributed by atoms with Crippen molar-refractivity contribution >= 4 is 0 Å². The van der Waals surface area contributed by atoms with Crippen molar-refractivity contribution in [1.82, 2.24) is 4.98 Å². The summed E-state index contributed by atoms with van der Waals surface area (Å²) in [5, 5.41) is 0. The minimum atomic E-state index is -0.269. The molecule has 3 heteroatoms. The molecule has 1 aliphatic rings. The van der Waals surface area contributed by atoms with Crippen LogP contribution in [0.5, 0.6) is 0 Å². The monoisotopic (exact) mass is 137 g/mol. The minimum absolute atomic E-state index is 0.269. The first-order valence-electron chi connectivity index (χ1n) is 3.06. The van der Waals surface area contributed by atoms with E-state index in [-0.39, 0.29) is 6.29 Å². The van der Waals surface area contributed by atoms with Crippen molar-refractivity contribution in [2.75, 3.05) is 0 Å². The van der Waals surface area contributed by atoms with E-state index in [0.717, 1.165) is 5.69 Å². The Hall–Kier alpha value is -1.38. The summed E-state index contributed by atoms with van der Waals surface area (Å²) >= 11 is 0. The fourth-order valence-electron chi connectivity index (χ4n) is 0.876. The van der Waals surface area contributed by atoms with E-state index in [1.165, 1.54) is 12.5 Å². The molecule has 2 heterocycles. The van der Waals surface area contributed by atoms with Crippen LogP contribution in [0.25, 0.3) is 0 Å². The topological polar surface area (TPSA) is 34.2 Å². The van der Waals surface area contributed by atoms with E-state index in [9.17, 15) is 0 Å². The molecule has 0 aromatic carbocycles. The van der Waals surface area contributed by atoms with E-state index in [1.54, 1.807) is 0 Å². The average Bonchev–Trinajstić information content (AvgIpc) is 2.59. The molecule has 0 amide bonds. The van der Waals surface area contributed by atoms with Gasteiger partial charge in [-0.2, -0.15) is 0 Å². The van der Waals surface area contributed by atoms with Crippen LogP contribution in [-0.4, -0.2) is 4.98 Å². The number of ether oxygens (including phenoxy) is 2. The Morgan fingerprint density at radius 2 is 2.10 bits per heavy atom. The Labute approximate surface area is 58.3 Å². The fourth-order valence-corrected chi connectivity index (χ4v) is 0.876. The van der Waals surface area contributed by atoms with E-state index in [0.29, 0.717) is 0 Å². The molecule has 3 nitrogen and oxygen atoms in total. The number of aromatic amines is 1.